The quantitative estimate of drug-likeness (QED) is 0.319. The van der Waals surface area contributed by atoms with E-state index in [-0.39, 0.29) is 0 Å². The summed E-state index contributed by atoms with van der Waals surface area (Å²) in [6.45, 7) is 9.75. The van der Waals surface area contributed by atoms with Crippen molar-refractivity contribution < 1.29 is 4.79 Å². The first kappa shape index (κ1) is 25.1. The zero-order valence-corrected chi connectivity index (χ0v) is 22.6. The fraction of sp³-hybridized carbons (Fsp3) is 0.967. The van der Waals surface area contributed by atoms with Gasteiger partial charge in [-0.2, -0.15) is 0 Å². The lowest BCUT2D eigenvalue weighted by molar-refractivity contribution is -0.112. The molecule has 0 N–H and O–H groups in total. The van der Waals surface area contributed by atoms with Crippen LogP contribution < -0.4 is 0 Å². The van der Waals surface area contributed by atoms with Crippen LogP contribution in [0.3, 0.4) is 0 Å². The summed E-state index contributed by atoms with van der Waals surface area (Å²) in [6, 6.07) is 0. The molecule has 0 spiro atoms. The summed E-state index contributed by atoms with van der Waals surface area (Å²) in [5.41, 5.74) is 1.21. The van der Waals surface area contributed by atoms with Crippen LogP contribution in [-0.4, -0.2) is 10.4 Å². The Morgan fingerprint density at radius 1 is 0.812 bits per heavy atom. The van der Waals surface area contributed by atoms with E-state index < -0.39 is 0 Å². The normalized spacial score (nSPS) is 43.4. The predicted molar refractivity (Wildman–Crippen MR) is 140 cm³/mol. The second kappa shape index (κ2) is 10.7. The maximum absolute atomic E-state index is 12.0. The fourth-order valence-electron chi connectivity index (χ4n) is 9.35. The van der Waals surface area contributed by atoms with Crippen molar-refractivity contribution in [1.82, 2.24) is 0 Å². The van der Waals surface area contributed by atoms with Crippen molar-refractivity contribution in [1.29, 1.82) is 0 Å². The van der Waals surface area contributed by atoms with Crippen LogP contribution in [0.5, 0.6) is 0 Å². The third kappa shape index (κ3) is 4.87. The zero-order valence-electron chi connectivity index (χ0n) is 21.8. The molecule has 8 atom stereocenters. The first-order valence-electron chi connectivity index (χ1n) is 14.6. The summed E-state index contributed by atoms with van der Waals surface area (Å²) in [4.78, 5) is 12.0. The van der Waals surface area contributed by atoms with E-state index in [2.05, 4.69) is 20.8 Å². The summed E-state index contributed by atoms with van der Waals surface area (Å²) < 4.78 is 0. The fourth-order valence-corrected chi connectivity index (χ4v) is 10.5. The largest absolute Gasteiger partial charge is 0.287 e. The van der Waals surface area contributed by atoms with Gasteiger partial charge < -0.3 is 0 Å². The molecule has 0 saturated heterocycles. The van der Waals surface area contributed by atoms with Crippen molar-refractivity contribution in [3.8, 4) is 0 Å². The molecule has 0 aromatic carbocycles. The monoisotopic (exact) mass is 460 g/mol. The Morgan fingerprint density at radius 2 is 1.53 bits per heavy atom. The minimum absolute atomic E-state index is 0.420. The molecule has 0 heterocycles. The van der Waals surface area contributed by atoms with E-state index in [1.54, 1.807) is 11.8 Å². The van der Waals surface area contributed by atoms with E-state index in [0.29, 0.717) is 27.6 Å². The highest BCUT2D eigenvalue weighted by Gasteiger charge is 2.59. The van der Waals surface area contributed by atoms with Crippen LogP contribution in [-0.2, 0) is 4.79 Å². The minimum atomic E-state index is 0.420. The Labute approximate surface area is 204 Å². The van der Waals surface area contributed by atoms with E-state index in [1.165, 1.54) is 103 Å². The highest BCUT2D eigenvalue weighted by atomic mass is 32.2. The van der Waals surface area contributed by atoms with Gasteiger partial charge in [0, 0.05) is 11.7 Å². The van der Waals surface area contributed by atoms with Gasteiger partial charge in [0.15, 0.2) is 5.12 Å². The maximum Gasteiger partial charge on any atom is 0.188 e. The predicted octanol–water partition coefficient (Wildman–Crippen LogP) is 9.43. The molecule has 0 amide bonds. The number of hydrogen-bond acceptors (Lipinski definition) is 2. The third-order valence-electron chi connectivity index (χ3n) is 11.3. The van der Waals surface area contributed by atoms with E-state index >= 15 is 0 Å². The van der Waals surface area contributed by atoms with Crippen molar-refractivity contribution in [3.63, 3.8) is 0 Å². The van der Waals surface area contributed by atoms with Gasteiger partial charge in [-0.15, -0.1) is 0 Å². The second-order valence-electron chi connectivity index (χ2n) is 12.8. The molecule has 4 fully saturated rings. The number of rotatable bonds is 9. The second-order valence-corrected chi connectivity index (χ2v) is 14.1. The van der Waals surface area contributed by atoms with Gasteiger partial charge in [0.05, 0.1) is 0 Å². The molecule has 0 aliphatic heterocycles. The Hall–Kier alpha value is 0.0200. The average molecular weight is 461 g/mol. The summed E-state index contributed by atoms with van der Waals surface area (Å²) in [5.74, 6) is 4.88. The highest BCUT2D eigenvalue weighted by Crippen LogP contribution is 2.68. The number of unbranched alkanes of at least 4 members (excludes halogenated alkanes) is 5. The van der Waals surface area contributed by atoms with Crippen molar-refractivity contribution in [2.45, 2.75) is 142 Å². The van der Waals surface area contributed by atoms with Crippen LogP contribution in [0.15, 0.2) is 0 Å². The van der Waals surface area contributed by atoms with Gasteiger partial charge in [-0.3, -0.25) is 4.79 Å². The van der Waals surface area contributed by atoms with Crippen molar-refractivity contribution in [3.05, 3.63) is 0 Å². The third-order valence-corrected chi connectivity index (χ3v) is 12.6. The highest BCUT2D eigenvalue weighted by molar-refractivity contribution is 8.14. The molecule has 2 heteroatoms. The maximum atomic E-state index is 12.0. The first-order valence-corrected chi connectivity index (χ1v) is 15.5. The molecule has 4 rings (SSSR count). The molecule has 4 aliphatic rings. The van der Waals surface area contributed by atoms with E-state index in [1.807, 2.05) is 6.92 Å². The SMILES string of the molecule is CCCCCCCC[C@@H]1CC[C@@H]2[C@H]3CC[C@H]4C[C@@H](SC(=O)CC)CC[C@]4(C)[C@@H]3CC[C@]12C. The van der Waals surface area contributed by atoms with Crippen molar-refractivity contribution >= 4 is 16.9 Å². The smallest absolute Gasteiger partial charge is 0.188 e. The van der Waals surface area contributed by atoms with Gasteiger partial charge in [0.2, 0.25) is 0 Å². The molecule has 32 heavy (non-hydrogen) atoms. The summed E-state index contributed by atoms with van der Waals surface area (Å²) >= 11 is 1.69. The van der Waals surface area contributed by atoms with E-state index in [9.17, 15) is 4.79 Å². The lowest BCUT2D eigenvalue weighted by Gasteiger charge is -2.61. The van der Waals surface area contributed by atoms with Gasteiger partial charge >= 0.3 is 0 Å². The Kier molecular flexibility index (Phi) is 8.43. The van der Waals surface area contributed by atoms with E-state index in [0.717, 1.165) is 29.6 Å². The molecule has 0 bridgehead atoms. The van der Waals surface area contributed by atoms with Gasteiger partial charge in [-0.1, -0.05) is 78.0 Å². The molecule has 184 valence electrons. The van der Waals surface area contributed by atoms with Crippen LogP contribution in [0.2, 0.25) is 0 Å². The lowest BCUT2D eigenvalue weighted by Crippen LogP contribution is -2.53. The molecule has 1 nitrogen and oxygen atoms in total. The Bertz CT molecular complexity index is 630. The van der Waals surface area contributed by atoms with Gasteiger partial charge in [-0.05, 0) is 105 Å². The van der Waals surface area contributed by atoms with E-state index in [4.69, 9.17) is 0 Å². The number of thioether (sulfide) groups is 1. The topological polar surface area (TPSA) is 17.1 Å². The Morgan fingerprint density at radius 3 is 2.31 bits per heavy atom. The number of fused-ring (bicyclic) bond motifs is 5. The summed E-state index contributed by atoms with van der Waals surface area (Å²) in [6.07, 6.45) is 23.9. The number of carbonyl (C=O) groups is 1. The first-order chi connectivity index (χ1) is 15.4. The molecule has 4 saturated carbocycles. The minimum Gasteiger partial charge on any atom is -0.287 e. The number of carbonyl (C=O) groups excluding carboxylic acids is 1. The molecule has 0 aromatic heterocycles. The van der Waals surface area contributed by atoms with Gasteiger partial charge in [0.25, 0.3) is 0 Å². The van der Waals surface area contributed by atoms with Crippen LogP contribution in [0.4, 0.5) is 0 Å². The molecular formula is C30H52OS. The van der Waals surface area contributed by atoms with Crippen LogP contribution >= 0.6 is 11.8 Å². The summed E-state index contributed by atoms with van der Waals surface area (Å²) in [5, 5.41) is 1.03. The Balaban J connectivity index is 1.35. The number of hydrogen-bond donors (Lipinski definition) is 0. The molecule has 0 aromatic rings. The van der Waals surface area contributed by atoms with Gasteiger partial charge in [0.1, 0.15) is 0 Å². The molecule has 0 radical (unpaired) electrons. The average Bonchev–Trinajstić information content (AvgIpc) is 3.12. The van der Waals surface area contributed by atoms with Crippen LogP contribution in [0, 0.1) is 40.4 Å². The lowest BCUT2D eigenvalue weighted by atomic mass is 9.45. The van der Waals surface area contributed by atoms with Crippen molar-refractivity contribution in [2.75, 3.05) is 0 Å². The standard InChI is InChI=1S/C30H52OS/c1-5-7-8-9-10-11-12-22-14-16-26-25-15-13-23-21-24(32-28(31)6-2)17-19-30(23,4)27(25)18-20-29(22,26)3/h22-27H,5-21H2,1-4H3/t22-,23+,24+,25-,26-,27-,29-,30+/m1/s1. The van der Waals surface area contributed by atoms with Gasteiger partial charge in [-0.25, -0.2) is 0 Å². The summed E-state index contributed by atoms with van der Waals surface area (Å²) in [7, 11) is 0. The molecular weight excluding hydrogens is 408 g/mol. The zero-order chi connectivity index (χ0) is 22.8. The van der Waals surface area contributed by atoms with Crippen molar-refractivity contribution in [2.24, 2.45) is 40.4 Å². The molecule has 0 unspecified atom stereocenters. The molecule has 4 aliphatic carbocycles. The van der Waals surface area contributed by atoms with Crippen LogP contribution in [0.25, 0.3) is 0 Å². The van der Waals surface area contributed by atoms with Crippen LogP contribution in [0.1, 0.15) is 137 Å².